The van der Waals surface area contributed by atoms with Crippen molar-refractivity contribution in [1.29, 1.82) is 0 Å². The molecule has 4 bridgehead atoms. The third-order valence-corrected chi connectivity index (χ3v) is 28.2. The van der Waals surface area contributed by atoms with Gasteiger partial charge in [0.05, 0.1) is 44.5 Å². The minimum atomic E-state index is -1.23. The summed E-state index contributed by atoms with van der Waals surface area (Å²) in [6.45, 7) is 33.6. The van der Waals surface area contributed by atoms with Gasteiger partial charge >= 0.3 is 0 Å². The molecule has 14 nitrogen and oxygen atoms in total. The van der Waals surface area contributed by atoms with Crippen LogP contribution in [0.2, 0.25) is 103 Å². The van der Waals surface area contributed by atoms with Crippen molar-refractivity contribution in [3.8, 4) is 44.8 Å². The summed E-state index contributed by atoms with van der Waals surface area (Å²) in [5.41, 5.74) is 12.3. The van der Waals surface area contributed by atoms with Crippen LogP contribution in [0.3, 0.4) is 0 Å². The maximum atomic E-state index is 6.46. The van der Waals surface area contributed by atoms with E-state index in [-0.39, 0.29) is 0 Å². The minimum absolute atomic E-state index is 0.420. The average Bonchev–Trinajstić information content (AvgIpc) is 1.67. The second kappa shape index (κ2) is 31.5. The van der Waals surface area contributed by atoms with Crippen molar-refractivity contribution in [2.75, 3.05) is 69.4 Å². The van der Waals surface area contributed by atoms with Gasteiger partial charge in [0.2, 0.25) is 0 Å². The Hall–Kier alpha value is -4.88. The summed E-state index contributed by atoms with van der Waals surface area (Å²) in [5.74, 6) is 6.11. The molecule has 4 saturated carbocycles. The van der Waals surface area contributed by atoms with Gasteiger partial charge in [0.25, 0.3) is 0 Å². The summed E-state index contributed by atoms with van der Waals surface area (Å²) in [6.07, 6.45) is 23.1. The van der Waals surface area contributed by atoms with Crippen LogP contribution in [0, 0.1) is 23.7 Å². The topological polar surface area (TPSA) is 130 Å². The molecule has 4 aliphatic carbocycles. The van der Waals surface area contributed by atoms with E-state index in [9.17, 15) is 0 Å². The number of thioether (sulfide) groups is 1. The average molecular weight is 1440 g/mol. The smallest absolute Gasteiger partial charge is 0.165 e. The van der Waals surface area contributed by atoms with Gasteiger partial charge in [-0.2, -0.15) is 19.2 Å². The first kappa shape index (κ1) is 71.4. The summed E-state index contributed by atoms with van der Waals surface area (Å²) < 4.78 is 30.8. The van der Waals surface area contributed by atoms with Gasteiger partial charge in [0, 0.05) is 116 Å². The number of nitrogens with zero attached hydrogens (tertiary/aromatic N) is 10. The Labute approximate surface area is 584 Å². The van der Waals surface area contributed by atoms with Crippen LogP contribution < -0.4 is 9.80 Å². The van der Waals surface area contributed by atoms with Crippen LogP contribution in [-0.2, 0) is 18.9 Å². The number of pyridine rings is 2. The zero-order chi connectivity index (χ0) is 67.1. The normalized spacial score (nSPS) is 19.8. The van der Waals surface area contributed by atoms with Crippen molar-refractivity contribution in [3.05, 3.63) is 126 Å². The monoisotopic (exact) mass is 1430 g/mol. The SMILES string of the molecule is CSc1c(C2CC3CCC(C3)C2)nc2c(-c3ccc(-c4ccccc4)nc3)cnn2c1N(COCC[Si](C)(C)C)COCC[Si](C)(C)C.C[Si](C)(C)CCOCN(COCC[Si](C)(C)C)c1c(Br)c(C2CC3CCC(C3)C2)nc2c(-c3ccc(-c4ccccc4)nc3)cnn12. The lowest BCUT2D eigenvalue weighted by atomic mass is 9.79. The van der Waals surface area contributed by atoms with Crippen LogP contribution in [0.5, 0.6) is 0 Å². The lowest BCUT2D eigenvalue weighted by Gasteiger charge is -2.32. The van der Waals surface area contributed by atoms with Crippen LogP contribution in [0.15, 0.2) is 119 Å². The van der Waals surface area contributed by atoms with Crippen LogP contribution in [0.25, 0.3) is 56.1 Å². The molecule has 0 saturated heterocycles. The largest absolute Gasteiger partial charge is 0.361 e. The fourth-order valence-corrected chi connectivity index (χ4v) is 19.0. The number of hydrogen-bond acceptors (Lipinski definition) is 13. The molecule has 0 spiro atoms. The molecule has 95 heavy (non-hydrogen) atoms. The molecule has 8 aromatic rings. The maximum absolute atomic E-state index is 6.46. The van der Waals surface area contributed by atoms with E-state index in [0.29, 0.717) is 38.8 Å². The summed E-state index contributed by atoms with van der Waals surface area (Å²) in [7, 11) is -4.91. The number of ether oxygens (including phenoxy) is 4. The van der Waals surface area contributed by atoms with Gasteiger partial charge in [0.1, 0.15) is 26.9 Å². The summed E-state index contributed by atoms with van der Waals surface area (Å²) >= 11 is 5.91. The van der Waals surface area contributed by atoms with E-state index < -0.39 is 32.3 Å². The lowest BCUT2D eigenvalue weighted by Crippen LogP contribution is -2.34. The number of aromatic nitrogens is 8. The van der Waals surface area contributed by atoms with Crippen molar-refractivity contribution in [3.63, 3.8) is 0 Å². The fourth-order valence-electron chi connectivity index (χ4n) is 14.3. The van der Waals surface area contributed by atoms with Gasteiger partial charge in [-0.05, 0) is 121 Å². The maximum Gasteiger partial charge on any atom is 0.165 e. The Morgan fingerprint density at radius 2 is 0.800 bits per heavy atom. The minimum Gasteiger partial charge on any atom is -0.361 e. The fraction of sp³-hybridized carbons (Fsp3) is 0.547. The molecule has 510 valence electrons. The molecule has 12 rings (SSSR count). The van der Waals surface area contributed by atoms with Gasteiger partial charge in [0.15, 0.2) is 22.9 Å². The van der Waals surface area contributed by atoms with Crippen molar-refractivity contribution < 1.29 is 18.9 Å². The van der Waals surface area contributed by atoms with Gasteiger partial charge in [-0.1, -0.05) is 177 Å². The number of fused-ring (bicyclic) bond motifs is 6. The molecule has 0 aliphatic heterocycles. The van der Waals surface area contributed by atoms with Crippen LogP contribution in [0.4, 0.5) is 11.6 Å². The standard InChI is InChI=1S/C38H55N5O2SSi2.C37H52BrN5O2Si2/c1-46-36-35(32-22-28-13-14-29(21-28)23-32)41-37-33(31-15-16-34(39-24-31)30-11-9-8-10-12-30)25-40-43(37)38(36)42(26-44-17-19-47(2,3)4)27-45-18-20-48(5,6)7;1-46(2,3)18-16-44-25-42(26-45-17-19-47(4,5)6)37-34(38)35(31-21-27-12-13-28(20-27)22-31)41-36-32(24-40-43(36)37)30-14-15-33(39-23-30)29-10-8-7-9-11-29/h8-12,15-16,24-25,28-29,32H,13-14,17-23,26-27H2,1-7H3;7-11,14-15,23-24,27-28,31H,12-13,16-22,25-26H2,1-6H3. The third kappa shape index (κ3) is 18.9. The van der Waals surface area contributed by atoms with Crippen molar-refractivity contribution in [2.24, 2.45) is 23.7 Å². The number of rotatable bonds is 29. The highest BCUT2D eigenvalue weighted by Gasteiger charge is 2.40. The Balaban J connectivity index is 0.000000193. The molecule has 4 unspecified atom stereocenters. The lowest BCUT2D eigenvalue weighted by molar-refractivity contribution is 0.0936. The van der Waals surface area contributed by atoms with E-state index in [1.165, 1.54) is 74.8 Å². The Kier molecular flexibility index (Phi) is 23.7. The molecule has 2 aromatic carbocycles. The summed E-state index contributed by atoms with van der Waals surface area (Å²) in [6, 6.07) is 33.7. The molecule has 0 radical (unpaired) electrons. The highest BCUT2D eigenvalue weighted by molar-refractivity contribution is 9.10. The predicted octanol–water partition coefficient (Wildman–Crippen LogP) is 19.9. The summed E-state index contributed by atoms with van der Waals surface area (Å²) in [4.78, 5) is 26.4. The van der Waals surface area contributed by atoms with Gasteiger partial charge in [-0.15, -0.1) is 11.8 Å². The van der Waals surface area contributed by atoms with E-state index in [4.69, 9.17) is 49.1 Å². The van der Waals surface area contributed by atoms with E-state index in [2.05, 4.69) is 176 Å². The van der Waals surface area contributed by atoms with Crippen LogP contribution in [0.1, 0.15) is 87.4 Å². The Morgan fingerprint density at radius 3 is 1.16 bits per heavy atom. The zero-order valence-corrected chi connectivity index (χ0v) is 65.7. The highest BCUT2D eigenvalue weighted by Crippen LogP contribution is 2.52. The summed E-state index contributed by atoms with van der Waals surface area (Å²) in [5, 5.41) is 10.0. The van der Waals surface area contributed by atoms with Crippen LogP contribution in [-0.4, -0.2) is 131 Å². The molecule has 6 aromatic heterocycles. The first-order valence-electron chi connectivity index (χ1n) is 35.3. The zero-order valence-electron chi connectivity index (χ0n) is 59.3. The van der Waals surface area contributed by atoms with Crippen molar-refractivity contribution in [2.45, 2.75) is 184 Å². The molecule has 20 heteroatoms. The number of hydrogen-bond donors (Lipinski definition) is 0. The number of halogens is 1. The molecular weight excluding hydrogens is 1330 g/mol. The first-order valence-corrected chi connectivity index (χ1v) is 52.2. The van der Waals surface area contributed by atoms with Gasteiger partial charge < -0.3 is 28.7 Å². The van der Waals surface area contributed by atoms with Gasteiger partial charge in [-0.3, -0.25) is 9.97 Å². The molecule has 4 atom stereocenters. The molecular formula is C75H107BrN10O4SSi4. The Morgan fingerprint density at radius 1 is 0.442 bits per heavy atom. The van der Waals surface area contributed by atoms with Gasteiger partial charge in [-0.25, -0.2) is 9.97 Å². The molecule has 0 amide bonds. The highest BCUT2D eigenvalue weighted by atomic mass is 79.9. The van der Waals surface area contributed by atoms with E-state index >= 15 is 0 Å². The van der Waals surface area contributed by atoms with E-state index in [0.717, 1.165) is 152 Å². The molecule has 0 N–H and O–H groups in total. The number of anilines is 2. The van der Waals surface area contributed by atoms with E-state index in [1.807, 2.05) is 53.6 Å². The van der Waals surface area contributed by atoms with Crippen molar-refractivity contribution >= 4 is 82.9 Å². The molecule has 4 fully saturated rings. The first-order chi connectivity index (χ1) is 45.4. The van der Waals surface area contributed by atoms with Crippen LogP contribution >= 0.6 is 27.7 Å². The van der Waals surface area contributed by atoms with E-state index in [1.54, 1.807) is 11.8 Å². The second-order valence-corrected chi connectivity index (χ2v) is 56.7. The second-order valence-electron chi connectivity index (χ2n) is 32.6. The molecule has 6 heterocycles. The Bertz CT molecular complexity index is 3710. The third-order valence-electron chi connectivity index (χ3n) is 19.8. The molecule has 4 aliphatic rings. The van der Waals surface area contributed by atoms with Crippen molar-refractivity contribution in [1.82, 2.24) is 39.2 Å². The number of benzene rings is 2. The quantitative estimate of drug-likeness (QED) is 0.0191. The predicted molar refractivity (Wildman–Crippen MR) is 409 cm³/mol.